The number of hydrogen-bond donors (Lipinski definition) is 3. The van der Waals surface area contributed by atoms with Gasteiger partial charge in [-0.3, -0.25) is 9.59 Å². The third kappa shape index (κ3) is 3.43. The van der Waals surface area contributed by atoms with Gasteiger partial charge in [0.25, 0.3) is 5.91 Å². The van der Waals surface area contributed by atoms with Gasteiger partial charge in [0.2, 0.25) is 5.91 Å². The minimum Gasteiger partial charge on any atom is -0.478 e. The number of amides is 2. The zero-order valence-corrected chi connectivity index (χ0v) is 12.3. The van der Waals surface area contributed by atoms with Crippen LogP contribution in [0.2, 0.25) is 0 Å². The number of rotatable bonds is 3. The predicted octanol–water partition coefficient (Wildman–Crippen LogP) is 2.09. The van der Waals surface area contributed by atoms with Crippen LogP contribution in [0.25, 0.3) is 0 Å². The van der Waals surface area contributed by atoms with Crippen molar-refractivity contribution in [2.24, 2.45) is 0 Å². The van der Waals surface area contributed by atoms with Gasteiger partial charge in [0.1, 0.15) is 0 Å². The molecule has 21 heavy (non-hydrogen) atoms. The Bertz CT molecular complexity index is 667. The van der Waals surface area contributed by atoms with Crippen LogP contribution < -0.4 is 10.6 Å². The van der Waals surface area contributed by atoms with Crippen molar-refractivity contribution < 1.29 is 19.5 Å². The van der Waals surface area contributed by atoms with Gasteiger partial charge in [-0.15, -0.1) is 11.8 Å². The molecule has 2 rings (SSSR count). The molecule has 0 saturated carbocycles. The van der Waals surface area contributed by atoms with Crippen molar-refractivity contribution in [2.45, 2.75) is 18.7 Å². The molecule has 0 unspecified atom stereocenters. The van der Waals surface area contributed by atoms with Gasteiger partial charge in [0.05, 0.1) is 11.4 Å². The summed E-state index contributed by atoms with van der Waals surface area (Å²) >= 11 is 1.43. The first kappa shape index (κ1) is 15.1. The summed E-state index contributed by atoms with van der Waals surface area (Å²) in [6.07, 6.45) is 0. The molecule has 0 bridgehead atoms. The standard InChI is InChI=1S/C14H14N2O4S/c1-7(8(2)14(19)20)13(18)15-9-3-4-11-10(5-9)16-12(17)6-21-11/h3-5H,6H2,1-2H3,(H,15,18)(H,16,17)(H,19,20). The Morgan fingerprint density at radius 2 is 2.00 bits per heavy atom. The van der Waals surface area contributed by atoms with Crippen LogP contribution >= 0.6 is 11.8 Å². The van der Waals surface area contributed by atoms with Crippen LogP contribution in [0.1, 0.15) is 13.8 Å². The van der Waals surface area contributed by atoms with Crippen LogP contribution in [0.5, 0.6) is 0 Å². The van der Waals surface area contributed by atoms with E-state index in [0.29, 0.717) is 17.1 Å². The van der Waals surface area contributed by atoms with Gasteiger partial charge in [0, 0.05) is 21.7 Å². The predicted molar refractivity (Wildman–Crippen MR) is 80.4 cm³/mol. The van der Waals surface area contributed by atoms with E-state index in [1.165, 1.54) is 25.6 Å². The fraction of sp³-hybridized carbons (Fsp3) is 0.214. The molecule has 1 aromatic rings. The van der Waals surface area contributed by atoms with E-state index in [1.54, 1.807) is 18.2 Å². The van der Waals surface area contributed by atoms with Gasteiger partial charge in [-0.05, 0) is 32.0 Å². The molecule has 0 aromatic heterocycles. The third-order valence-corrected chi connectivity index (χ3v) is 4.17. The lowest BCUT2D eigenvalue weighted by molar-refractivity contribution is -0.133. The first-order chi connectivity index (χ1) is 9.88. The first-order valence-electron chi connectivity index (χ1n) is 6.17. The monoisotopic (exact) mass is 306 g/mol. The summed E-state index contributed by atoms with van der Waals surface area (Å²) in [5.74, 6) is -1.33. The maximum atomic E-state index is 12.0. The van der Waals surface area contributed by atoms with Crippen molar-refractivity contribution in [1.82, 2.24) is 0 Å². The lowest BCUT2D eigenvalue weighted by Crippen LogP contribution is -2.19. The van der Waals surface area contributed by atoms with E-state index < -0.39 is 11.9 Å². The van der Waals surface area contributed by atoms with Crippen molar-refractivity contribution in [3.05, 3.63) is 29.3 Å². The van der Waals surface area contributed by atoms with Crippen molar-refractivity contribution in [1.29, 1.82) is 0 Å². The molecule has 0 saturated heterocycles. The number of carbonyl (C=O) groups excluding carboxylic acids is 2. The molecule has 0 aliphatic carbocycles. The number of benzene rings is 1. The first-order valence-corrected chi connectivity index (χ1v) is 7.16. The Labute approximate surface area is 125 Å². The number of hydrogen-bond acceptors (Lipinski definition) is 4. The van der Waals surface area contributed by atoms with Gasteiger partial charge in [0.15, 0.2) is 0 Å². The summed E-state index contributed by atoms with van der Waals surface area (Å²) in [4.78, 5) is 35.1. The van der Waals surface area contributed by atoms with E-state index in [0.717, 1.165) is 4.90 Å². The van der Waals surface area contributed by atoms with Crippen LogP contribution in [0.3, 0.4) is 0 Å². The highest BCUT2D eigenvalue weighted by Gasteiger charge is 2.17. The Morgan fingerprint density at radius 1 is 1.29 bits per heavy atom. The number of carboxylic acids is 1. The highest BCUT2D eigenvalue weighted by molar-refractivity contribution is 8.00. The van der Waals surface area contributed by atoms with Crippen molar-refractivity contribution in [3.63, 3.8) is 0 Å². The zero-order valence-electron chi connectivity index (χ0n) is 11.5. The topological polar surface area (TPSA) is 95.5 Å². The summed E-state index contributed by atoms with van der Waals surface area (Å²) in [6, 6.07) is 5.17. The molecule has 110 valence electrons. The Morgan fingerprint density at radius 3 is 2.67 bits per heavy atom. The molecule has 2 amide bonds. The van der Waals surface area contributed by atoms with Gasteiger partial charge < -0.3 is 15.7 Å². The smallest absolute Gasteiger partial charge is 0.331 e. The van der Waals surface area contributed by atoms with Crippen molar-refractivity contribution in [2.75, 3.05) is 16.4 Å². The summed E-state index contributed by atoms with van der Waals surface area (Å²) in [6.45, 7) is 2.83. The summed E-state index contributed by atoms with van der Waals surface area (Å²) < 4.78 is 0. The number of fused-ring (bicyclic) bond motifs is 1. The fourth-order valence-corrected chi connectivity index (χ4v) is 2.50. The molecule has 0 spiro atoms. The quantitative estimate of drug-likeness (QED) is 0.743. The Kier molecular flexibility index (Phi) is 4.32. The van der Waals surface area contributed by atoms with Crippen LogP contribution in [-0.2, 0) is 14.4 Å². The highest BCUT2D eigenvalue weighted by Crippen LogP contribution is 2.33. The molecule has 1 aliphatic heterocycles. The molecular formula is C14H14N2O4S. The zero-order chi connectivity index (χ0) is 15.6. The molecule has 3 N–H and O–H groups in total. The Hall–Kier alpha value is -2.28. The molecule has 6 nitrogen and oxygen atoms in total. The van der Waals surface area contributed by atoms with Crippen LogP contribution in [0.15, 0.2) is 34.2 Å². The molecule has 0 fully saturated rings. The van der Waals surface area contributed by atoms with Gasteiger partial charge >= 0.3 is 5.97 Å². The number of carboxylic acid groups (broad SMARTS) is 1. The molecule has 1 aromatic carbocycles. The molecule has 1 heterocycles. The van der Waals surface area contributed by atoms with E-state index in [2.05, 4.69) is 10.6 Å². The van der Waals surface area contributed by atoms with Crippen LogP contribution in [-0.4, -0.2) is 28.6 Å². The van der Waals surface area contributed by atoms with E-state index in [-0.39, 0.29) is 17.1 Å². The SMILES string of the molecule is CC(C(=O)O)=C(C)C(=O)Nc1ccc2c(c1)NC(=O)CS2. The highest BCUT2D eigenvalue weighted by atomic mass is 32.2. The van der Waals surface area contributed by atoms with Crippen LogP contribution in [0, 0.1) is 0 Å². The minimum absolute atomic E-state index is 0.00526. The largest absolute Gasteiger partial charge is 0.478 e. The number of aliphatic carboxylic acids is 1. The van der Waals surface area contributed by atoms with Crippen LogP contribution in [0.4, 0.5) is 11.4 Å². The van der Waals surface area contributed by atoms with E-state index >= 15 is 0 Å². The lowest BCUT2D eigenvalue weighted by atomic mass is 10.1. The Balaban J connectivity index is 2.19. The fourth-order valence-electron chi connectivity index (χ4n) is 1.72. The summed E-state index contributed by atoms with van der Waals surface area (Å²) in [7, 11) is 0. The van der Waals surface area contributed by atoms with E-state index in [1.807, 2.05) is 0 Å². The second-order valence-corrected chi connectivity index (χ2v) is 5.57. The maximum absolute atomic E-state index is 12.0. The number of carbonyl (C=O) groups is 3. The second kappa shape index (κ2) is 6.01. The molecule has 0 atom stereocenters. The average Bonchev–Trinajstić information content (AvgIpc) is 2.45. The molecule has 0 radical (unpaired) electrons. The molecule has 7 heteroatoms. The summed E-state index contributed by atoms with van der Waals surface area (Å²) in [5, 5.41) is 14.2. The van der Waals surface area contributed by atoms with Gasteiger partial charge in [-0.25, -0.2) is 4.79 Å². The molecule has 1 aliphatic rings. The molecular weight excluding hydrogens is 292 g/mol. The maximum Gasteiger partial charge on any atom is 0.331 e. The van der Waals surface area contributed by atoms with Crippen molar-refractivity contribution >= 4 is 40.9 Å². The number of thioether (sulfide) groups is 1. The lowest BCUT2D eigenvalue weighted by Gasteiger charge is -2.17. The van der Waals surface area contributed by atoms with Crippen molar-refractivity contribution in [3.8, 4) is 0 Å². The van der Waals surface area contributed by atoms with Gasteiger partial charge in [-0.2, -0.15) is 0 Å². The minimum atomic E-state index is -1.13. The average molecular weight is 306 g/mol. The van der Waals surface area contributed by atoms with E-state index in [4.69, 9.17) is 5.11 Å². The van der Waals surface area contributed by atoms with E-state index in [9.17, 15) is 14.4 Å². The third-order valence-electron chi connectivity index (χ3n) is 3.09. The van der Waals surface area contributed by atoms with Gasteiger partial charge in [-0.1, -0.05) is 0 Å². The number of nitrogens with one attached hydrogen (secondary N) is 2. The second-order valence-electron chi connectivity index (χ2n) is 4.56. The normalized spacial score (nSPS) is 14.7. The summed E-state index contributed by atoms with van der Waals surface area (Å²) in [5.41, 5.74) is 1.28. The number of anilines is 2.